The molecule has 4 rings (SSSR count). The van der Waals surface area contributed by atoms with Crippen LogP contribution in [0, 0.1) is 0 Å². The second kappa shape index (κ2) is 5.13. The van der Waals surface area contributed by atoms with Crippen molar-refractivity contribution in [2.24, 2.45) is 0 Å². The number of hydrogen-bond acceptors (Lipinski definition) is 2. The Kier molecular flexibility index (Phi) is 3.23. The predicted molar refractivity (Wildman–Crippen MR) is 91.3 cm³/mol. The summed E-state index contributed by atoms with van der Waals surface area (Å²) in [7, 11) is 2.28. The molecule has 2 unspecified atom stereocenters. The molecule has 2 heterocycles. The first-order chi connectivity index (χ1) is 10.7. The van der Waals surface area contributed by atoms with E-state index in [1.807, 2.05) is 6.92 Å². The molecule has 0 spiro atoms. The second-order valence-corrected chi connectivity index (χ2v) is 6.52. The highest BCUT2D eigenvalue weighted by Crippen LogP contribution is 2.46. The quantitative estimate of drug-likeness (QED) is 0.773. The van der Waals surface area contributed by atoms with Crippen molar-refractivity contribution in [1.29, 1.82) is 0 Å². The Labute approximate surface area is 132 Å². The van der Waals surface area contributed by atoms with E-state index in [0.29, 0.717) is 12.6 Å². The van der Waals surface area contributed by atoms with Gasteiger partial charge < -0.3 is 4.74 Å². The van der Waals surface area contributed by atoms with Gasteiger partial charge in [0.1, 0.15) is 5.75 Å². The fraction of sp³-hybridized carbons (Fsp3) is 0.400. The Morgan fingerprint density at radius 3 is 2.86 bits per heavy atom. The molecular formula is C20H23NO. The average Bonchev–Trinajstić information content (AvgIpc) is 2.74. The summed E-state index contributed by atoms with van der Waals surface area (Å²) in [6.07, 6.45) is 8.52. The molecule has 0 aromatic heterocycles. The molecule has 0 saturated carbocycles. The number of ether oxygens (including phenoxy) is 1. The van der Waals surface area contributed by atoms with Crippen LogP contribution in [-0.4, -0.2) is 24.6 Å². The van der Waals surface area contributed by atoms with E-state index in [-0.39, 0.29) is 5.54 Å². The van der Waals surface area contributed by atoms with Gasteiger partial charge in [-0.05, 0) is 67.8 Å². The van der Waals surface area contributed by atoms with Crippen LogP contribution in [0.1, 0.15) is 31.7 Å². The smallest absolute Gasteiger partial charge is 0.119 e. The fourth-order valence-corrected chi connectivity index (χ4v) is 4.17. The van der Waals surface area contributed by atoms with Crippen molar-refractivity contribution in [1.82, 2.24) is 4.90 Å². The SMILES string of the molecule is CCOc1ccc2cc(C34C=CCC(CC3)N4C)ccc2c1. The highest BCUT2D eigenvalue weighted by Gasteiger charge is 2.45. The minimum atomic E-state index is 0.107. The van der Waals surface area contributed by atoms with Gasteiger partial charge in [-0.25, -0.2) is 0 Å². The van der Waals surface area contributed by atoms with Crippen molar-refractivity contribution in [2.45, 2.75) is 37.8 Å². The molecule has 1 saturated heterocycles. The van der Waals surface area contributed by atoms with Crippen LogP contribution in [0.4, 0.5) is 0 Å². The molecule has 2 heteroatoms. The van der Waals surface area contributed by atoms with Gasteiger partial charge in [0.25, 0.3) is 0 Å². The van der Waals surface area contributed by atoms with Crippen molar-refractivity contribution < 1.29 is 4.74 Å². The van der Waals surface area contributed by atoms with E-state index < -0.39 is 0 Å². The molecule has 1 fully saturated rings. The summed E-state index contributed by atoms with van der Waals surface area (Å²) in [6.45, 7) is 2.73. The zero-order valence-electron chi connectivity index (χ0n) is 13.4. The Hall–Kier alpha value is -1.80. The summed E-state index contributed by atoms with van der Waals surface area (Å²) in [5, 5.41) is 2.55. The van der Waals surface area contributed by atoms with Crippen LogP contribution < -0.4 is 4.74 Å². The van der Waals surface area contributed by atoms with E-state index >= 15 is 0 Å². The molecular weight excluding hydrogens is 270 g/mol. The van der Waals surface area contributed by atoms with Gasteiger partial charge in [0.15, 0.2) is 0 Å². The van der Waals surface area contributed by atoms with Crippen molar-refractivity contribution in [2.75, 3.05) is 13.7 Å². The topological polar surface area (TPSA) is 12.5 Å². The van der Waals surface area contributed by atoms with Crippen LogP contribution in [0.25, 0.3) is 10.8 Å². The van der Waals surface area contributed by atoms with Gasteiger partial charge >= 0.3 is 0 Å². The molecule has 2 atom stereocenters. The monoisotopic (exact) mass is 293 g/mol. The first-order valence-corrected chi connectivity index (χ1v) is 8.31. The lowest BCUT2D eigenvalue weighted by atomic mass is 9.85. The van der Waals surface area contributed by atoms with Crippen LogP contribution in [-0.2, 0) is 5.54 Å². The van der Waals surface area contributed by atoms with Gasteiger partial charge in [-0.15, -0.1) is 0 Å². The van der Waals surface area contributed by atoms with Gasteiger partial charge in [-0.3, -0.25) is 4.90 Å². The number of fused-ring (bicyclic) bond motifs is 3. The molecule has 2 bridgehead atoms. The van der Waals surface area contributed by atoms with E-state index in [9.17, 15) is 0 Å². The normalized spacial score (nSPS) is 27.5. The number of benzene rings is 2. The molecule has 0 N–H and O–H groups in total. The summed E-state index contributed by atoms with van der Waals surface area (Å²) in [6, 6.07) is 14.0. The highest BCUT2D eigenvalue weighted by atomic mass is 16.5. The maximum absolute atomic E-state index is 5.61. The van der Waals surface area contributed by atoms with Gasteiger partial charge in [-0.1, -0.05) is 30.4 Å². The number of likely N-dealkylation sites (N-methyl/N-ethyl adjacent to an activating group) is 1. The molecule has 2 aromatic rings. The Morgan fingerprint density at radius 2 is 2.00 bits per heavy atom. The molecule has 2 nitrogen and oxygen atoms in total. The summed E-state index contributed by atoms with van der Waals surface area (Å²) in [5.74, 6) is 0.955. The highest BCUT2D eigenvalue weighted by molar-refractivity contribution is 5.85. The largest absolute Gasteiger partial charge is 0.494 e. The number of nitrogens with zero attached hydrogens (tertiary/aromatic N) is 1. The van der Waals surface area contributed by atoms with Crippen molar-refractivity contribution in [3.05, 3.63) is 54.1 Å². The van der Waals surface area contributed by atoms with E-state index in [1.165, 1.54) is 35.6 Å². The third kappa shape index (κ3) is 1.98. The maximum atomic E-state index is 5.61. The van der Waals surface area contributed by atoms with E-state index in [4.69, 9.17) is 4.74 Å². The molecule has 22 heavy (non-hydrogen) atoms. The van der Waals surface area contributed by atoms with E-state index in [1.54, 1.807) is 0 Å². The molecule has 114 valence electrons. The third-order valence-electron chi connectivity index (χ3n) is 5.46. The summed E-state index contributed by atoms with van der Waals surface area (Å²) < 4.78 is 5.61. The Balaban J connectivity index is 1.78. The third-order valence-corrected chi connectivity index (χ3v) is 5.46. The fourth-order valence-electron chi connectivity index (χ4n) is 4.17. The van der Waals surface area contributed by atoms with Crippen molar-refractivity contribution in [3.63, 3.8) is 0 Å². The molecule has 2 aliphatic rings. The average molecular weight is 293 g/mol. The zero-order valence-corrected chi connectivity index (χ0v) is 13.4. The lowest BCUT2D eigenvalue weighted by molar-refractivity contribution is 0.168. The standard InChI is InChI=1S/C20H23NO/c1-3-22-19-9-7-15-13-17(8-6-16(15)14-19)20-11-4-5-18(10-12-20)21(20)2/h4,6-9,11,13-14,18H,3,5,10,12H2,1-2H3. The van der Waals surface area contributed by atoms with Crippen LogP contribution in [0.5, 0.6) is 5.75 Å². The minimum absolute atomic E-state index is 0.107. The molecule has 0 aliphatic carbocycles. The van der Waals surface area contributed by atoms with Crippen LogP contribution in [0.2, 0.25) is 0 Å². The first kappa shape index (κ1) is 13.8. The lowest BCUT2D eigenvalue weighted by Crippen LogP contribution is -2.42. The molecule has 0 amide bonds. The number of hydrogen-bond donors (Lipinski definition) is 0. The first-order valence-electron chi connectivity index (χ1n) is 8.31. The lowest BCUT2D eigenvalue weighted by Gasteiger charge is -2.39. The minimum Gasteiger partial charge on any atom is -0.494 e. The van der Waals surface area contributed by atoms with E-state index in [2.05, 4.69) is 60.5 Å². The van der Waals surface area contributed by atoms with Crippen molar-refractivity contribution >= 4 is 10.8 Å². The maximum Gasteiger partial charge on any atom is 0.119 e. The molecule has 2 aromatic carbocycles. The summed E-state index contributed by atoms with van der Waals surface area (Å²) in [4.78, 5) is 2.57. The number of rotatable bonds is 3. The Morgan fingerprint density at radius 1 is 1.18 bits per heavy atom. The molecule has 0 radical (unpaired) electrons. The predicted octanol–water partition coefficient (Wildman–Crippen LogP) is 4.49. The van der Waals surface area contributed by atoms with Gasteiger partial charge in [-0.2, -0.15) is 0 Å². The molecule has 2 aliphatic heterocycles. The zero-order chi connectivity index (χ0) is 15.2. The summed E-state index contributed by atoms with van der Waals surface area (Å²) >= 11 is 0. The van der Waals surface area contributed by atoms with Crippen LogP contribution in [0.15, 0.2) is 48.6 Å². The van der Waals surface area contributed by atoms with Crippen LogP contribution in [0.3, 0.4) is 0 Å². The van der Waals surface area contributed by atoms with Crippen molar-refractivity contribution in [3.8, 4) is 5.75 Å². The second-order valence-electron chi connectivity index (χ2n) is 6.52. The van der Waals surface area contributed by atoms with Gasteiger partial charge in [0.2, 0.25) is 0 Å². The van der Waals surface area contributed by atoms with Crippen LogP contribution >= 0.6 is 0 Å². The van der Waals surface area contributed by atoms with E-state index in [0.717, 1.165) is 5.75 Å². The summed E-state index contributed by atoms with van der Waals surface area (Å²) in [5.41, 5.74) is 1.53. The Bertz CT molecular complexity index is 736. The van der Waals surface area contributed by atoms with Gasteiger partial charge in [0.05, 0.1) is 12.1 Å². The van der Waals surface area contributed by atoms with Gasteiger partial charge in [0, 0.05) is 6.04 Å².